The van der Waals surface area contributed by atoms with Crippen LogP contribution in [0.15, 0.2) is 31.0 Å². The summed E-state index contributed by atoms with van der Waals surface area (Å²) in [5.74, 6) is 0.692. The predicted octanol–water partition coefficient (Wildman–Crippen LogP) is 0.404. The number of carbonyl (C=O) groups is 1. The molecule has 2 aromatic heterocycles. The molecule has 0 spiro atoms. The van der Waals surface area contributed by atoms with Crippen molar-refractivity contribution in [1.82, 2.24) is 19.7 Å². The Kier molecular flexibility index (Phi) is 2.31. The summed E-state index contributed by atoms with van der Waals surface area (Å²) >= 11 is 0. The highest BCUT2D eigenvalue weighted by molar-refractivity contribution is 5.54. The maximum Gasteiger partial charge on any atom is 0.155 e. The minimum absolute atomic E-state index is 0.393. The van der Waals surface area contributed by atoms with Crippen molar-refractivity contribution in [1.29, 1.82) is 0 Å². The van der Waals surface area contributed by atoms with E-state index in [1.807, 2.05) is 6.07 Å². The zero-order chi connectivity index (χ0) is 9.80. The van der Waals surface area contributed by atoms with Crippen LogP contribution in [-0.2, 0) is 11.2 Å². The van der Waals surface area contributed by atoms with Gasteiger partial charge in [-0.05, 0) is 11.6 Å². The van der Waals surface area contributed by atoms with Crippen LogP contribution in [0.5, 0.6) is 0 Å². The van der Waals surface area contributed by atoms with Crippen LogP contribution >= 0.6 is 0 Å². The van der Waals surface area contributed by atoms with E-state index >= 15 is 0 Å². The fourth-order valence-electron chi connectivity index (χ4n) is 1.10. The lowest BCUT2D eigenvalue weighted by atomic mass is 10.2. The Morgan fingerprint density at radius 1 is 1.43 bits per heavy atom. The standard InChI is InChI=1S/C9H8N4O/c14-4-3-8-1-2-9(11-5-8)13-7-10-6-12-13/h1-2,4-7H,3H2. The predicted molar refractivity (Wildman–Crippen MR) is 48.9 cm³/mol. The summed E-state index contributed by atoms with van der Waals surface area (Å²) in [6.07, 6.45) is 5.92. The zero-order valence-corrected chi connectivity index (χ0v) is 7.37. The number of pyridine rings is 1. The molecule has 2 rings (SSSR count). The normalized spacial score (nSPS) is 10.0. The summed E-state index contributed by atoms with van der Waals surface area (Å²) in [7, 11) is 0. The topological polar surface area (TPSA) is 60.7 Å². The van der Waals surface area contributed by atoms with E-state index in [0.29, 0.717) is 12.2 Å². The van der Waals surface area contributed by atoms with E-state index < -0.39 is 0 Å². The first-order valence-corrected chi connectivity index (χ1v) is 4.14. The lowest BCUT2D eigenvalue weighted by Gasteiger charge is -1.99. The van der Waals surface area contributed by atoms with Gasteiger partial charge in [-0.1, -0.05) is 6.07 Å². The molecule has 0 radical (unpaired) electrons. The average Bonchev–Trinajstić information content (AvgIpc) is 2.72. The highest BCUT2D eigenvalue weighted by atomic mass is 16.1. The maximum atomic E-state index is 10.2. The Hall–Kier alpha value is -2.04. The molecule has 0 aliphatic heterocycles. The van der Waals surface area contributed by atoms with Crippen molar-refractivity contribution in [2.75, 3.05) is 0 Å². The Morgan fingerprint density at radius 2 is 2.36 bits per heavy atom. The lowest BCUT2D eigenvalue weighted by Crippen LogP contribution is -1.98. The summed E-state index contributed by atoms with van der Waals surface area (Å²) in [5.41, 5.74) is 0.892. The number of hydrogen-bond acceptors (Lipinski definition) is 4. The van der Waals surface area contributed by atoms with Crippen molar-refractivity contribution < 1.29 is 4.79 Å². The van der Waals surface area contributed by atoms with Crippen molar-refractivity contribution >= 4 is 6.29 Å². The molecule has 0 amide bonds. The molecule has 14 heavy (non-hydrogen) atoms. The molecular weight excluding hydrogens is 180 g/mol. The van der Waals surface area contributed by atoms with E-state index in [9.17, 15) is 4.79 Å². The molecule has 0 N–H and O–H groups in total. The van der Waals surface area contributed by atoms with Crippen LogP contribution in [0, 0.1) is 0 Å². The maximum absolute atomic E-state index is 10.2. The van der Waals surface area contributed by atoms with Crippen molar-refractivity contribution in [3.63, 3.8) is 0 Å². The van der Waals surface area contributed by atoms with Crippen LogP contribution < -0.4 is 0 Å². The van der Waals surface area contributed by atoms with Crippen LogP contribution in [0.25, 0.3) is 5.82 Å². The number of carbonyl (C=O) groups excluding carboxylic acids is 1. The molecule has 0 atom stereocenters. The van der Waals surface area contributed by atoms with Crippen LogP contribution in [0.4, 0.5) is 0 Å². The van der Waals surface area contributed by atoms with Crippen LogP contribution in [0.2, 0.25) is 0 Å². The molecule has 70 valence electrons. The SMILES string of the molecule is O=CCc1ccc(-n2cncn2)nc1. The molecule has 0 saturated carbocycles. The molecule has 0 unspecified atom stereocenters. The fraction of sp³-hybridized carbons (Fsp3) is 0.111. The monoisotopic (exact) mass is 188 g/mol. The Balaban J connectivity index is 2.26. The average molecular weight is 188 g/mol. The first-order valence-electron chi connectivity index (χ1n) is 4.14. The van der Waals surface area contributed by atoms with Crippen molar-refractivity contribution in [3.8, 4) is 5.82 Å². The molecule has 5 heteroatoms. The van der Waals surface area contributed by atoms with Crippen molar-refractivity contribution in [3.05, 3.63) is 36.5 Å². The van der Waals surface area contributed by atoms with Gasteiger partial charge in [0.25, 0.3) is 0 Å². The van der Waals surface area contributed by atoms with Gasteiger partial charge in [-0.2, -0.15) is 5.10 Å². The van der Waals surface area contributed by atoms with Crippen molar-refractivity contribution in [2.45, 2.75) is 6.42 Å². The number of aromatic nitrogens is 4. The summed E-state index contributed by atoms with van der Waals surface area (Å²) < 4.78 is 1.56. The minimum Gasteiger partial charge on any atom is -0.303 e. The number of rotatable bonds is 3. The van der Waals surface area contributed by atoms with E-state index in [0.717, 1.165) is 11.8 Å². The van der Waals surface area contributed by atoms with Gasteiger partial charge in [0, 0.05) is 12.6 Å². The van der Waals surface area contributed by atoms with E-state index in [1.54, 1.807) is 23.3 Å². The second-order valence-corrected chi connectivity index (χ2v) is 2.74. The Bertz CT molecular complexity index is 407. The molecule has 0 aliphatic carbocycles. The second kappa shape index (κ2) is 3.78. The van der Waals surface area contributed by atoms with Gasteiger partial charge in [0.15, 0.2) is 5.82 Å². The van der Waals surface area contributed by atoms with Crippen LogP contribution in [0.1, 0.15) is 5.56 Å². The quantitative estimate of drug-likeness (QED) is 0.654. The van der Waals surface area contributed by atoms with Gasteiger partial charge in [-0.25, -0.2) is 14.6 Å². The number of hydrogen-bond donors (Lipinski definition) is 0. The highest BCUT2D eigenvalue weighted by Crippen LogP contribution is 2.03. The summed E-state index contributed by atoms with van der Waals surface area (Å²) in [4.78, 5) is 18.2. The third-order valence-corrected chi connectivity index (χ3v) is 1.78. The fourth-order valence-corrected chi connectivity index (χ4v) is 1.10. The molecular formula is C9H8N4O. The molecule has 2 aromatic rings. The van der Waals surface area contributed by atoms with Gasteiger partial charge in [0.05, 0.1) is 0 Å². The van der Waals surface area contributed by atoms with Crippen LogP contribution in [-0.4, -0.2) is 26.0 Å². The summed E-state index contributed by atoms with van der Waals surface area (Å²) in [6, 6.07) is 3.64. The van der Waals surface area contributed by atoms with E-state index in [4.69, 9.17) is 0 Å². The van der Waals surface area contributed by atoms with E-state index in [-0.39, 0.29) is 0 Å². The Labute approximate surface area is 80.4 Å². The minimum atomic E-state index is 0.393. The highest BCUT2D eigenvalue weighted by Gasteiger charge is 1.97. The first-order chi connectivity index (χ1) is 6.90. The van der Waals surface area contributed by atoms with E-state index in [1.165, 1.54) is 6.33 Å². The second-order valence-electron chi connectivity index (χ2n) is 2.74. The molecule has 0 aliphatic rings. The van der Waals surface area contributed by atoms with Gasteiger partial charge in [0.2, 0.25) is 0 Å². The van der Waals surface area contributed by atoms with Gasteiger partial charge in [0.1, 0.15) is 18.9 Å². The first kappa shape index (κ1) is 8.55. The molecule has 5 nitrogen and oxygen atoms in total. The third-order valence-electron chi connectivity index (χ3n) is 1.78. The molecule has 0 saturated heterocycles. The Morgan fingerprint density at radius 3 is 2.93 bits per heavy atom. The van der Waals surface area contributed by atoms with Gasteiger partial charge < -0.3 is 4.79 Å². The van der Waals surface area contributed by atoms with Gasteiger partial charge >= 0.3 is 0 Å². The van der Waals surface area contributed by atoms with E-state index in [2.05, 4.69) is 15.1 Å². The molecule has 0 bridgehead atoms. The smallest absolute Gasteiger partial charge is 0.155 e. The summed E-state index contributed by atoms with van der Waals surface area (Å²) in [5, 5.41) is 3.94. The zero-order valence-electron chi connectivity index (χ0n) is 7.37. The van der Waals surface area contributed by atoms with Gasteiger partial charge in [-0.3, -0.25) is 0 Å². The number of aldehydes is 1. The molecule has 0 fully saturated rings. The number of nitrogens with zero attached hydrogens (tertiary/aromatic N) is 4. The molecule has 2 heterocycles. The lowest BCUT2D eigenvalue weighted by molar-refractivity contribution is -0.107. The summed E-state index contributed by atoms with van der Waals surface area (Å²) in [6.45, 7) is 0. The largest absolute Gasteiger partial charge is 0.303 e. The van der Waals surface area contributed by atoms with Crippen molar-refractivity contribution in [2.24, 2.45) is 0 Å². The van der Waals surface area contributed by atoms with Gasteiger partial charge in [-0.15, -0.1) is 0 Å². The third kappa shape index (κ3) is 1.66. The van der Waals surface area contributed by atoms with Crippen LogP contribution in [0.3, 0.4) is 0 Å². The molecule has 0 aromatic carbocycles.